The molecule has 3 rings (SSSR count). The van der Waals surface area contributed by atoms with Gasteiger partial charge in [-0.15, -0.1) is 0 Å². The Kier molecular flexibility index (Phi) is 4.43. The Bertz CT molecular complexity index is 882. The van der Waals surface area contributed by atoms with Crippen molar-refractivity contribution in [2.75, 3.05) is 4.90 Å². The van der Waals surface area contributed by atoms with Crippen LogP contribution < -0.4 is 4.90 Å². The Morgan fingerprint density at radius 3 is 2.08 bits per heavy atom. The molecule has 3 nitrogen and oxygen atoms in total. The van der Waals surface area contributed by atoms with Crippen molar-refractivity contribution in [1.82, 2.24) is 0 Å². The van der Waals surface area contributed by atoms with Crippen molar-refractivity contribution in [3.05, 3.63) is 78.4 Å². The van der Waals surface area contributed by atoms with Crippen molar-refractivity contribution in [3.63, 3.8) is 0 Å². The number of para-hydroxylation sites is 1. The minimum Gasteiger partial charge on any atom is -0.288 e. The number of benzene rings is 3. The van der Waals surface area contributed by atoms with Gasteiger partial charge in [0.25, 0.3) is 0 Å². The highest BCUT2D eigenvalue weighted by molar-refractivity contribution is 6.23. The number of anilines is 1. The third kappa shape index (κ3) is 3.06. The first-order valence-corrected chi connectivity index (χ1v) is 8.09. The van der Waals surface area contributed by atoms with E-state index in [2.05, 4.69) is 6.07 Å². The molecule has 0 bridgehead atoms. The highest BCUT2D eigenvalue weighted by atomic mass is 15.2. The summed E-state index contributed by atoms with van der Waals surface area (Å²) in [6.45, 7) is 3.96. The number of hydrogen-bond donors (Lipinski definition) is 2. The van der Waals surface area contributed by atoms with Crippen LogP contribution in [0.15, 0.2) is 72.8 Å². The zero-order valence-corrected chi connectivity index (χ0v) is 14.0. The lowest BCUT2D eigenvalue weighted by Crippen LogP contribution is -2.39. The zero-order chi connectivity index (χ0) is 17.1. The fourth-order valence-corrected chi connectivity index (χ4v) is 2.69. The molecule has 0 radical (unpaired) electrons. The quantitative estimate of drug-likeness (QED) is 0.500. The summed E-state index contributed by atoms with van der Waals surface area (Å²) in [5, 5.41) is 19.4. The first-order chi connectivity index (χ1) is 11.6. The molecular formula is C21H21N3. The van der Waals surface area contributed by atoms with Crippen LogP contribution in [-0.2, 0) is 0 Å². The Morgan fingerprint density at radius 2 is 1.42 bits per heavy atom. The largest absolute Gasteiger partial charge is 0.288 e. The van der Waals surface area contributed by atoms with Crippen molar-refractivity contribution in [1.29, 1.82) is 10.8 Å². The van der Waals surface area contributed by atoms with Gasteiger partial charge in [-0.3, -0.25) is 15.7 Å². The Labute approximate surface area is 142 Å². The van der Waals surface area contributed by atoms with Crippen LogP contribution >= 0.6 is 0 Å². The first kappa shape index (κ1) is 15.9. The van der Waals surface area contributed by atoms with E-state index in [0.29, 0.717) is 11.7 Å². The van der Waals surface area contributed by atoms with E-state index in [4.69, 9.17) is 10.8 Å². The molecule has 2 N–H and O–H groups in total. The third-order valence-electron chi connectivity index (χ3n) is 4.05. The Balaban J connectivity index is 2.05. The molecule has 120 valence electrons. The summed E-state index contributed by atoms with van der Waals surface area (Å²) in [5.74, 6) is 0.774. The SMILES string of the molecule is CC(C)C(=N)N(C(=N)c1ccc2ccccc2c1)c1ccccc1. The van der Waals surface area contributed by atoms with Crippen molar-refractivity contribution in [2.45, 2.75) is 13.8 Å². The minimum absolute atomic E-state index is 0.0333. The molecule has 24 heavy (non-hydrogen) atoms. The number of nitrogens with one attached hydrogen (secondary N) is 2. The maximum atomic E-state index is 8.71. The maximum absolute atomic E-state index is 8.71. The van der Waals surface area contributed by atoms with E-state index in [1.165, 1.54) is 0 Å². The second-order valence-corrected chi connectivity index (χ2v) is 6.12. The lowest BCUT2D eigenvalue weighted by molar-refractivity contribution is 0.859. The van der Waals surface area contributed by atoms with Gasteiger partial charge in [0.2, 0.25) is 0 Å². The van der Waals surface area contributed by atoms with Gasteiger partial charge in [-0.1, -0.05) is 68.4 Å². The Morgan fingerprint density at radius 1 is 0.792 bits per heavy atom. The van der Waals surface area contributed by atoms with Crippen LogP contribution in [0, 0.1) is 16.7 Å². The smallest absolute Gasteiger partial charge is 0.138 e. The number of nitrogens with zero attached hydrogens (tertiary/aromatic N) is 1. The van der Waals surface area contributed by atoms with Gasteiger partial charge in [-0.05, 0) is 29.0 Å². The third-order valence-corrected chi connectivity index (χ3v) is 4.05. The van der Waals surface area contributed by atoms with Gasteiger partial charge >= 0.3 is 0 Å². The normalized spacial score (nSPS) is 10.8. The molecule has 0 unspecified atom stereocenters. The molecule has 3 aromatic carbocycles. The number of rotatable bonds is 3. The monoisotopic (exact) mass is 315 g/mol. The number of fused-ring (bicyclic) bond motifs is 1. The summed E-state index contributed by atoms with van der Waals surface area (Å²) in [4.78, 5) is 1.72. The molecule has 0 aromatic heterocycles. The first-order valence-electron chi connectivity index (χ1n) is 8.09. The average molecular weight is 315 g/mol. The summed E-state index contributed by atoms with van der Waals surface area (Å²) < 4.78 is 0. The molecule has 0 fully saturated rings. The summed E-state index contributed by atoms with van der Waals surface area (Å²) >= 11 is 0. The molecule has 0 saturated carbocycles. The number of amidine groups is 2. The molecular weight excluding hydrogens is 294 g/mol. The second kappa shape index (κ2) is 6.67. The molecule has 0 atom stereocenters. The van der Waals surface area contributed by atoms with E-state index in [1.54, 1.807) is 4.90 Å². The van der Waals surface area contributed by atoms with Gasteiger partial charge in [0, 0.05) is 17.2 Å². The average Bonchev–Trinajstić information content (AvgIpc) is 2.62. The van der Waals surface area contributed by atoms with E-state index in [9.17, 15) is 0 Å². The van der Waals surface area contributed by atoms with Crippen LogP contribution in [0.3, 0.4) is 0 Å². The van der Waals surface area contributed by atoms with Gasteiger partial charge in [-0.25, -0.2) is 0 Å². The van der Waals surface area contributed by atoms with Gasteiger partial charge in [0.1, 0.15) is 11.7 Å². The molecule has 0 aliphatic heterocycles. The highest BCUT2D eigenvalue weighted by Crippen LogP contribution is 2.22. The Hall–Kier alpha value is -2.94. The van der Waals surface area contributed by atoms with Crippen molar-refractivity contribution >= 4 is 28.1 Å². The van der Waals surface area contributed by atoms with Gasteiger partial charge in [-0.2, -0.15) is 0 Å². The molecule has 0 heterocycles. The van der Waals surface area contributed by atoms with E-state index in [-0.39, 0.29) is 5.92 Å². The van der Waals surface area contributed by atoms with E-state index in [0.717, 1.165) is 22.0 Å². The van der Waals surface area contributed by atoms with E-state index in [1.807, 2.05) is 80.6 Å². The maximum Gasteiger partial charge on any atom is 0.138 e. The molecule has 0 aliphatic rings. The van der Waals surface area contributed by atoms with Crippen molar-refractivity contribution in [3.8, 4) is 0 Å². The van der Waals surface area contributed by atoms with Crippen LogP contribution in [0.5, 0.6) is 0 Å². The molecule has 0 amide bonds. The fraction of sp³-hybridized carbons (Fsp3) is 0.143. The van der Waals surface area contributed by atoms with Crippen molar-refractivity contribution < 1.29 is 0 Å². The molecule has 3 aromatic rings. The van der Waals surface area contributed by atoms with Gasteiger partial charge < -0.3 is 0 Å². The molecule has 3 heteroatoms. The van der Waals surface area contributed by atoms with Gasteiger partial charge in [0.15, 0.2) is 0 Å². The standard InChI is InChI=1S/C21H21N3/c1-15(2)20(22)24(19-10-4-3-5-11-19)21(23)18-13-12-16-8-6-7-9-17(16)14-18/h3-15,22-23H,1-2H3. The lowest BCUT2D eigenvalue weighted by atomic mass is 10.0. The van der Waals surface area contributed by atoms with Crippen molar-refractivity contribution in [2.24, 2.45) is 5.92 Å². The van der Waals surface area contributed by atoms with Crippen LogP contribution in [0.4, 0.5) is 5.69 Å². The van der Waals surface area contributed by atoms with Crippen LogP contribution in [0.25, 0.3) is 10.8 Å². The number of hydrogen-bond acceptors (Lipinski definition) is 2. The lowest BCUT2D eigenvalue weighted by Gasteiger charge is -2.28. The van der Waals surface area contributed by atoms with E-state index >= 15 is 0 Å². The van der Waals surface area contributed by atoms with E-state index < -0.39 is 0 Å². The predicted octanol–water partition coefficient (Wildman–Crippen LogP) is 5.31. The minimum atomic E-state index is 0.0333. The summed E-state index contributed by atoms with van der Waals surface area (Å²) in [6.07, 6.45) is 0. The summed E-state index contributed by atoms with van der Waals surface area (Å²) in [5.41, 5.74) is 1.65. The van der Waals surface area contributed by atoms with Crippen LogP contribution in [0.2, 0.25) is 0 Å². The molecule has 0 spiro atoms. The summed E-state index contributed by atoms with van der Waals surface area (Å²) in [7, 11) is 0. The summed E-state index contributed by atoms with van der Waals surface area (Å²) in [6, 6.07) is 23.8. The van der Waals surface area contributed by atoms with Crippen LogP contribution in [-0.4, -0.2) is 11.7 Å². The topological polar surface area (TPSA) is 50.9 Å². The highest BCUT2D eigenvalue weighted by Gasteiger charge is 2.21. The van der Waals surface area contributed by atoms with Gasteiger partial charge in [0.05, 0.1) is 0 Å². The molecule has 0 saturated heterocycles. The second-order valence-electron chi connectivity index (χ2n) is 6.12. The predicted molar refractivity (Wildman–Crippen MR) is 102 cm³/mol. The zero-order valence-electron chi connectivity index (χ0n) is 14.0. The van der Waals surface area contributed by atoms with Crippen LogP contribution in [0.1, 0.15) is 19.4 Å². The molecule has 0 aliphatic carbocycles. The fourth-order valence-electron chi connectivity index (χ4n) is 2.69.